The maximum absolute atomic E-state index is 10.6. The Morgan fingerprint density at radius 2 is 2.29 bits per heavy atom. The minimum absolute atomic E-state index is 0.0579. The summed E-state index contributed by atoms with van der Waals surface area (Å²) in [6.07, 6.45) is 3.57. The lowest BCUT2D eigenvalue weighted by Crippen LogP contribution is -2.38. The van der Waals surface area contributed by atoms with Crippen LogP contribution in [0.25, 0.3) is 0 Å². The normalized spacial score (nSPS) is 22.4. The van der Waals surface area contributed by atoms with Crippen molar-refractivity contribution in [2.24, 2.45) is 0 Å². The van der Waals surface area contributed by atoms with Crippen molar-refractivity contribution in [3.8, 4) is 0 Å². The largest absolute Gasteiger partial charge is 0.476 e. The molecule has 6 nitrogen and oxygen atoms in total. The van der Waals surface area contributed by atoms with Gasteiger partial charge in [0.15, 0.2) is 5.69 Å². The van der Waals surface area contributed by atoms with Crippen molar-refractivity contribution in [3.05, 3.63) is 18.1 Å². The topological polar surface area (TPSA) is 84.3 Å². The second-order valence-electron chi connectivity index (χ2n) is 4.53. The van der Waals surface area contributed by atoms with E-state index in [1.54, 1.807) is 0 Å². The van der Waals surface area contributed by atoms with Crippen LogP contribution in [0.1, 0.15) is 30.8 Å². The van der Waals surface area contributed by atoms with Gasteiger partial charge in [0.2, 0.25) is 0 Å². The van der Waals surface area contributed by atoms with E-state index < -0.39 is 5.97 Å². The smallest absolute Gasteiger partial charge is 0.356 e. The van der Waals surface area contributed by atoms with Crippen LogP contribution < -0.4 is 5.32 Å². The Hall–Kier alpha value is -1.69. The molecule has 0 saturated carbocycles. The fraction of sp³-hybridized carbons (Fsp3) is 0.545. The van der Waals surface area contributed by atoms with E-state index in [1.807, 2.05) is 13.8 Å². The number of hydrogen-bond acceptors (Lipinski definition) is 5. The van der Waals surface area contributed by atoms with Gasteiger partial charge < -0.3 is 15.2 Å². The molecule has 92 valence electrons. The fourth-order valence-electron chi connectivity index (χ4n) is 1.83. The highest BCUT2D eigenvalue weighted by molar-refractivity contribution is 5.84. The third-order valence-electron chi connectivity index (χ3n) is 2.91. The van der Waals surface area contributed by atoms with E-state index in [0.29, 0.717) is 12.4 Å². The lowest BCUT2D eigenvalue weighted by atomic mass is 9.99. The van der Waals surface area contributed by atoms with E-state index in [9.17, 15) is 4.79 Å². The lowest BCUT2D eigenvalue weighted by Gasteiger charge is -2.26. The molecule has 0 aliphatic carbocycles. The van der Waals surface area contributed by atoms with E-state index in [1.165, 1.54) is 12.4 Å². The van der Waals surface area contributed by atoms with Crippen molar-refractivity contribution < 1.29 is 14.6 Å². The molecule has 1 fully saturated rings. The van der Waals surface area contributed by atoms with Crippen molar-refractivity contribution in [2.45, 2.75) is 31.9 Å². The molecule has 1 aliphatic heterocycles. The van der Waals surface area contributed by atoms with Crippen LogP contribution in [-0.2, 0) is 4.74 Å². The van der Waals surface area contributed by atoms with Crippen LogP contribution in [0.2, 0.25) is 0 Å². The highest BCUT2D eigenvalue weighted by Crippen LogP contribution is 2.27. The van der Waals surface area contributed by atoms with E-state index in [2.05, 4.69) is 15.3 Å². The molecule has 2 heterocycles. The summed E-state index contributed by atoms with van der Waals surface area (Å²) in [5, 5.41) is 11.9. The zero-order chi connectivity index (χ0) is 12.5. The number of aromatic nitrogens is 2. The highest BCUT2D eigenvalue weighted by Gasteiger charge is 2.35. The molecule has 1 unspecified atom stereocenters. The summed E-state index contributed by atoms with van der Waals surface area (Å²) >= 11 is 0. The van der Waals surface area contributed by atoms with Crippen LogP contribution in [0.3, 0.4) is 0 Å². The number of anilines is 1. The minimum atomic E-state index is -1.08. The van der Waals surface area contributed by atoms with Crippen molar-refractivity contribution in [2.75, 3.05) is 11.9 Å². The first-order valence-electron chi connectivity index (χ1n) is 5.45. The number of hydrogen-bond donors (Lipinski definition) is 2. The van der Waals surface area contributed by atoms with Crippen LogP contribution >= 0.6 is 0 Å². The first-order chi connectivity index (χ1) is 7.99. The zero-order valence-electron chi connectivity index (χ0n) is 9.80. The van der Waals surface area contributed by atoms with Crippen LogP contribution in [0.15, 0.2) is 12.4 Å². The second-order valence-corrected chi connectivity index (χ2v) is 4.53. The summed E-state index contributed by atoms with van der Waals surface area (Å²) in [4.78, 5) is 18.4. The third-order valence-corrected chi connectivity index (χ3v) is 2.91. The van der Waals surface area contributed by atoms with Crippen molar-refractivity contribution in [3.63, 3.8) is 0 Å². The first-order valence-corrected chi connectivity index (χ1v) is 5.45. The van der Waals surface area contributed by atoms with Gasteiger partial charge in [0.25, 0.3) is 0 Å². The Balaban J connectivity index is 2.06. The van der Waals surface area contributed by atoms with Gasteiger partial charge in [0.1, 0.15) is 5.82 Å². The summed E-state index contributed by atoms with van der Waals surface area (Å²) < 4.78 is 5.58. The van der Waals surface area contributed by atoms with Crippen molar-refractivity contribution >= 4 is 11.8 Å². The molecule has 1 atom stereocenters. The Labute approximate surface area is 99.0 Å². The molecule has 2 N–H and O–H groups in total. The number of ether oxygens (including phenoxy) is 1. The van der Waals surface area contributed by atoms with Gasteiger partial charge in [-0.05, 0) is 20.3 Å². The molecule has 1 aliphatic rings. The summed E-state index contributed by atoms with van der Waals surface area (Å²) in [5.74, 6) is -0.507. The predicted molar refractivity (Wildman–Crippen MR) is 61.1 cm³/mol. The average molecular weight is 237 g/mol. The Bertz CT molecular complexity index is 416. The van der Waals surface area contributed by atoms with Gasteiger partial charge >= 0.3 is 5.97 Å². The molecule has 2 rings (SSSR count). The third kappa shape index (κ3) is 2.52. The van der Waals surface area contributed by atoms with Gasteiger partial charge in [-0.1, -0.05) is 0 Å². The summed E-state index contributed by atoms with van der Waals surface area (Å²) in [7, 11) is 0. The molecule has 1 saturated heterocycles. The van der Waals surface area contributed by atoms with Crippen molar-refractivity contribution in [1.29, 1.82) is 0 Å². The van der Waals surface area contributed by atoms with E-state index in [-0.39, 0.29) is 17.3 Å². The molecule has 0 aromatic carbocycles. The number of nitrogens with zero attached hydrogens (tertiary/aromatic N) is 2. The lowest BCUT2D eigenvalue weighted by molar-refractivity contribution is 0.0314. The number of carbonyl (C=O) groups is 1. The summed E-state index contributed by atoms with van der Waals surface area (Å²) in [6, 6.07) is 0.160. The molecule has 0 amide bonds. The molecular formula is C11H15N3O3. The standard InChI is InChI=1S/C11H15N3O3/c1-11(2)8(3-4-17-11)14-9-6-12-7(5-13-9)10(15)16/h5-6,8H,3-4H2,1-2H3,(H,13,14)(H,15,16). The van der Waals surface area contributed by atoms with Crippen LogP contribution in [0.5, 0.6) is 0 Å². The number of carboxylic acid groups (broad SMARTS) is 1. The van der Waals surface area contributed by atoms with E-state index in [0.717, 1.165) is 6.42 Å². The highest BCUT2D eigenvalue weighted by atomic mass is 16.5. The monoisotopic (exact) mass is 237 g/mol. The van der Waals surface area contributed by atoms with Crippen molar-refractivity contribution in [1.82, 2.24) is 9.97 Å². The molecule has 17 heavy (non-hydrogen) atoms. The zero-order valence-corrected chi connectivity index (χ0v) is 9.80. The maximum atomic E-state index is 10.6. The molecule has 1 aromatic heterocycles. The molecule has 0 radical (unpaired) electrons. The SMILES string of the molecule is CC1(C)OCCC1Nc1cnc(C(=O)O)cn1. The van der Waals surface area contributed by atoms with Crippen LogP contribution in [0.4, 0.5) is 5.82 Å². The van der Waals surface area contributed by atoms with Crippen LogP contribution in [-0.4, -0.2) is 39.3 Å². The average Bonchev–Trinajstić information content (AvgIpc) is 2.59. The van der Waals surface area contributed by atoms with Gasteiger partial charge in [-0.15, -0.1) is 0 Å². The number of nitrogens with one attached hydrogen (secondary N) is 1. The molecule has 6 heteroatoms. The van der Waals surface area contributed by atoms with Gasteiger partial charge in [-0.25, -0.2) is 14.8 Å². The van der Waals surface area contributed by atoms with Gasteiger partial charge in [-0.2, -0.15) is 0 Å². The number of rotatable bonds is 3. The van der Waals surface area contributed by atoms with Gasteiger partial charge in [-0.3, -0.25) is 0 Å². The Kier molecular flexibility index (Phi) is 2.97. The van der Waals surface area contributed by atoms with E-state index in [4.69, 9.17) is 9.84 Å². The van der Waals surface area contributed by atoms with Gasteiger partial charge in [0.05, 0.1) is 24.0 Å². The molecule has 0 spiro atoms. The molecular weight excluding hydrogens is 222 g/mol. The second kappa shape index (κ2) is 4.29. The quantitative estimate of drug-likeness (QED) is 0.820. The van der Waals surface area contributed by atoms with Crippen LogP contribution in [0, 0.1) is 0 Å². The van der Waals surface area contributed by atoms with E-state index >= 15 is 0 Å². The summed E-state index contributed by atoms with van der Waals surface area (Å²) in [5.41, 5.74) is -0.301. The Morgan fingerprint density at radius 3 is 2.76 bits per heavy atom. The summed E-state index contributed by atoms with van der Waals surface area (Å²) in [6.45, 7) is 4.73. The van der Waals surface area contributed by atoms with Gasteiger partial charge in [0, 0.05) is 6.61 Å². The molecule has 0 bridgehead atoms. The number of aromatic carboxylic acids is 1. The fourth-order valence-corrected chi connectivity index (χ4v) is 1.83. The molecule has 1 aromatic rings. The minimum Gasteiger partial charge on any atom is -0.476 e. The number of carboxylic acids is 1. The first kappa shape index (κ1) is 11.8. The maximum Gasteiger partial charge on any atom is 0.356 e. The Morgan fingerprint density at radius 1 is 1.53 bits per heavy atom. The predicted octanol–water partition coefficient (Wildman–Crippen LogP) is 1.15.